The van der Waals surface area contributed by atoms with Gasteiger partial charge in [-0.25, -0.2) is 9.79 Å². The van der Waals surface area contributed by atoms with Crippen LogP contribution in [0.5, 0.6) is 17.2 Å². The van der Waals surface area contributed by atoms with Gasteiger partial charge in [0.2, 0.25) is 5.75 Å². The zero-order valence-electron chi connectivity index (χ0n) is 21.8. The molecule has 4 rings (SSSR count). The number of fused-ring (bicyclic) bond motifs is 1. The summed E-state index contributed by atoms with van der Waals surface area (Å²) in [5.41, 5.74) is 2.01. The number of benzene rings is 2. The van der Waals surface area contributed by atoms with Crippen LogP contribution in [0.2, 0.25) is 0 Å². The van der Waals surface area contributed by atoms with Crippen LogP contribution in [0.1, 0.15) is 24.1 Å². The fourth-order valence-electron chi connectivity index (χ4n) is 4.23. The van der Waals surface area contributed by atoms with Crippen molar-refractivity contribution in [3.05, 3.63) is 91.1 Å². The highest BCUT2D eigenvalue weighted by Gasteiger charge is 2.33. The van der Waals surface area contributed by atoms with E-state index in [2.05, 4.69) is 11.6 Å². The Kier molecular flexibility index (Phi) is 8.43. The summed E-state index contributed by atoms with van der Waals surface area (Å²) in [5.74, 6) is 0.867. The molecule has 0 saturated heterocycles. The Hall–Kier alpha value is -3.76. The minimum atomic E-state index is -0.693. The van der Waals surface area contributed by atoms with Gasteiger partial charge in [0, 0.05) is 4.90 Å². The number of rotatable bonds is 9. The normalized spacial score (nSPS) is 15.0. The van der Waals surface area contributed by atoms with E-state index in [-0.39, 0.29) is 12.2 Å². The number of thioether (sulfide) groups is 1. The van der Waals surface area contributed by atoms with Gasteiger partial charge in [0.05, 0.1) is 43.2 Å². The maximum atomic E-state index is 13.8. The first-order valence-corrected chi connectivity index (χ1v) is 13.6. The molecule has 198 valence electrons. The number of carbonyl (C=O) groups excluding carboxylic acids is 1. The van der Waals surface area contributed by atoms with E-state index < -0.39 is 12.0 Å². The monoisotopic (exact) mass is 552 g/mol. The fraction of sp³-hybridized carbons (Fsp3) is 0.250. The van der Waals surface area contributed by atoms with Crippen LogP contribution in [0.25, 0.3) is 6.08 Å². The van der Waals surface area contributed by atoms with Crippen molar-refractivity contribution < 1.29 is 23.7 Å². The summed E-state index contributed by atoms with van der Waals surface area (Å²) in [4.78, 5) is 33.2. The third-order valence-corrected chi connectivity index (χ3v) is 7.72. The SMILES string of the molecule is C=CCOC(=O)C1=C(C)N=c2sc(=Cc3cc(OC)c(OC)c(OC)c3)c(=O)n2C1c1ccc(SC)cc1. The van der Waals surface area contributed by atoms with Crippen molar-refractivity contribution >= 4 is 35.1 Å². The molecule has 0 spiro atoms. The Balaban J connectivity index is 1.93. The first-order valence-electron chi connectivity index (χ1n) is 11.6. The number of carbonyl (C=O) groups is 1. The zero-order chi connectivity index (χ0) is 27.4. The second-order valence-electron chi connectivity index (χ2n) is 8.20. The third-order valence-electron chi connectivity index (χ3n) is 5.99. The molecule has 2 aromatic carbocycles. The van der Waals surface area contributed by atoms with Gasteiger partial charge in [0.15, 0.2) is 16.3 Å². The number of nitrogens with zero attached hydrogens (tertiary/aromatic N) is 2. The lowest BCUT2D eigenvalue weighted by atomic mass is 9.96. The number of methoxy groups -OCH3 is 3. The molecule has 1 aromatic heterocycles. The van der Waals surface area contributed by atoms with E-state index in [9.17, 15) is 9.59 Å². The molecule has 3 aromatic rings. The molecule has 0 bridgehead atoms. The van der Waals surface area contributed by atoms with E-state index in [1.54, 1.807) is 41.5 Å². The van der Waals surface area contributed by atoms with Gasteiger partial charge < -0.3 is 18.9 Å². The first kappa shape index (κ1) is 27.3. The molecule has 1 aliphatic rings. The smallest absolute Gasteiger partial charge is 0.338 e. The number of ether oxygens (including phenoxy) is 4. The van der Waals surface area contributed by atoms with Gasteiger partial charge in [-0.2, -0.15) is 0 Å². The largest absolute Gasteiger partial charge is 0.493 e. The van der Waals surface area contributed by atoms with E-state index in [0.717, 1.165) is 10.5 Å². The Morgan fingerprint density at radius 2 is 1.79 bits per heavy atom. The molecule has 0 N–H and O–H groups in total. The van der Waals surface area contributed by atoms with Crippen molar-refractivity contribution in [1.82, 2.24) is 4.57 Å². The van der Waals surface area contributed by atoms with Gasteiger partial charge in [-0.15, -0.1) is 11.8 Å². The maximum absolute atomic E-state index is 13.8. The highest BCUT2D eigenvalue weighted by atomic mass is 32.2. The van der Waals surface area contributed by atoms with Crippen LogP contribution < -0.4 is 29.1 Å². The van der Waals surface area contributed by atoms with E-state index in [1.807, 2.05) is 30.5 Å². The predicted octanol–water partition coefficient (Wildman–Crippen LogP) is 3.71. The van der Waals surface area contributed by atoms with Crippen LogP contribution in [0.4, 0.5) is 0 Å². The highest BCUT2D eigenvalue weighted by Crippen LogP contribution is 2.38. The molecular weight excluding hydrogens is 524 g/mol. The maximum Gasteiger partial charge on any atom is 0.338 e. The standard InChI is InChI=1S/C28H28N2O6S2/c1-7-12-36-27(32)23-16(2)29-28-30(24(23)18-8-10-19(37-6)11-9-18)26(31)22(38-28)15-17-13-20(33-3)25(35-5)21(14-17)34-4/h7-11,13-15,24H,1,12H2,2-6H3. The number of esters is 1. The molecule has 38 heavy (non-hydrogen) atoms. The summed E-state index contributed by atoms with van der Waals surface area (Å²) in [6, 6.07) is 10.6. The summed E-state index contributed by atoms with van der Waals surface area (Å²) in [5, 5.41) is 0. The molecule has 0 radical (unpaired) electrons. The van der Waals surface area contributed by atoms with Crippen molar-refractivity contribution in [1.29, 1.82) is 0 Å². The molecule has 10 heteroatoms. The van der Waals surface area contributed by atoms with E-state index in [1.165, 1.54) is 38.7 Å². The van der Waals surface area contributed by atoms with Crippen molar-refractivity contribution in [2.45, 2.75) is 17.9 Å². The van der Waals surface area contributed by atoms with Gasteiger partial charge in [-0.1, -0.05) is 36.1 Å². The lowest BCUT2D eigenvalue weighted by Gasteiger charge is -2.24. The average molecular weight is 553 g/mol. The molecular formula is C28H28N2O6S2. The van der Waals surface area contributed by atoms with Gasteiger partial charge in [0.25, 0.3) is 5.56 Å². The number of thiazole rings is 1. The molecule has 1 unspecified atom stereocenters. The zero-order valence-corrected chi connectivity index (χ0v) is 23.4. The number of aromatic nitrogens is 1. The fourth-order valence-corrected chi connectivity index (χ4v) is 5.69. The molecule has 8 nitrogen and oxygen atoms in total. The molecule has 2 heterocycles. The lowest BCUT2D eigenvalue weighted by molar-refractivity contribution is -0.138. The molecule has 0 fully saturated rings. The Labute approximate surface area is 228 Å². The van der Waals surface area contributed by atoms with Crippen molar-refractivity contribution in [2.24, 2.45) is 4.99 Å². The van der Waals surface area contributed by atoms with Crippen LogP contribution in [0.3, 0.4) is 0 Å². The second kappa shape index (κ2) is 11.7. The van der Waals surface area contributed by atoms with Crippen LogP contribution >= 0.6 is 23.1 Å². The van der Waals surface area contributed by atoms with E-state index in [0.29, 0.717) is 43.4 Å². The van der Waals surface area contributed by atoms with Gasteiger partial charge in [-0.05, 0) is 54.6 Å². The molecule has 1 atom stereocenters. The van der Waals surface area contributed by atoms with Gasteiger partial charge in [-0.3, -0.25) is 9.36 Å². The highest BCUT2D eigenvalue weighted by molar-refractivity contribution is 7.98. The average Bonchev–Trinajstić information content (AvgIpc) is 3.24. The lowest BCUT2D eigenvalue weighted by Crippen LogP contribution is -2.39. The van der Waals surface area contributed by atoms with Crippen molar-refractivity contribution in [3.8, 4) is 17.2 Å². The molecule has 0 amide bonds. The summed E-state index contributed by atoms with van der Waals surface area (Å²) >= 11 is 2.86. The summed E-state index contributed by atoms with van der Waals surface area (Å²) in [6.45, 7) is 5.43. The quantitative estimate of drug-likeness (QED) is 0.227. The van der Waals surface area contributed by atoms with Crippen molar-refractivity contribution in [2.75, 3.05) is 34.2 Å². The molecule has 0 saturated carbocycles. The third kappa shape index (κ3) is 5.14. The number of hydrogen-bond donors (Lipinski definition) is 0. The van der Waals surface area contributed by atoms with E-state index in [4.69, 9.17) is 18.9 Å². The molecule has 0 aliphatic carbocycles. The van der Waals surface area contributed by atoms with Gasteiger partial charge in [0.1, 0.15) is 6.61 Å². The minimum absolute atomic E-state index is 0.0549. The van der Waals surface area contributed by atoms with E-state index >= 15 is 0 Å². The number of allylic oxidation sites excluding steroid dienone is 1. The predicted molar refractivity (Wildman–Crippen MR) is 149 cm³/mol. The van der Waals surface area contributed by atoms with Crippen molar-refractivity contribution in [3.63, 3.8) is 0 Å². The summed E-state index contributed by atoms with van der Waals surface area (Å²) in [6.07, 6.45) is 5.24. The number of hydrogen-bond acceptors (Lipinski definition) is 9. The Morgan fingerprint density at radius 3 is 2.34 bits per heavy atom. The Bertz CT molecular complexity index is 1560. The first-order chi connectivity index (χ1) is 18.4. The minimum Gasteiger partial charge on any atom is -0.493 e. The second-order valence-corrected chi connectivity index (χ2v) is 10.1. The van der Waals surface area contributed by atoms with Crippen LogP contribution in [-0.2, 0) is 9.53 Å². The van der Waals surface area contributed by atoms with Crippen LogP contribution in [-0.4, -0.2) is 44.7 Å². The van der Waals surface area contributed by atoms with Gasteiger partial charge >= 0.3 is 5.97 Å². The summed E-state index contributed by atoms with van der Waals surface area (Å²) in [7, 11) is 4.60. The Morgan fingerprint density at radius 1 is 1.13 bits per heavy atom. The summed E-state index contributed by atoms with van der Waals surface area (Å²) < 4.78 is 23.7. The molecule has 1 aliphatic heterocycles. The van der Waals surface area contributed by atoms with Crippen LogP contribution in [0.15, 0.2) is 75.0 Å². The topological polar surface area (TPSA) is 88.4 Å². The van der Waals surface area contributed by atoms with Crippen LogP contribution in [0, 0.1) is 0 Å².